The zero-order chi connectivity index (χ0) is 13.1. The highest BCUT2D eigenvalue weighted by Crippen LogP contribution is 2.18. The van der Waals surface area contributed by atoms with Crippen molar-refractivity contribution in [2.45, 2.75) is 13.5 Å². The molecular formula is C11H10ClN5O. The Labute approximate surface area is 109 Å². The number of halogens is 1. The quantitative estimate of drug-likeness (QED) is 0.842. The second kappa shape index (κ2) is 5.02. The zero-order valence-electron chi connectivity index (χ0n) is 9.88. The van der Waals surface area contributed by atoms with Crippen LogP contribution in [-0.4, -0.2) is 22.2 Å². The molecule has 2 aromatic heterocycles. The van der Waals surface area contributed by atoms with Crippen molar-refractivity contribution in [3.05, 3.63) is 34.6 Å². The van der Waals surface area contributed by atoms with Crippen molar-refractivity contribution < 1.29 is 4.52 Å². The van der Waals surface area contributed by atoms with E-state index in [0.29, 0.717) is 29.1 Å². The van der Waals surface area contributed by atoms with Gasteiger partial charge in [-0.25, -0.2) is 4.98 Å². The largest absolute Gasteiger partial charge is 0.352 e. The number of rotatable bonds is 3. The lowest BCUT2D eigenvalue weighted by Crippen LogP contribution is -2.18. The average molecular weight is 264 g/mol. The third-order valence-corrected chi connectivity index (χ3v) is 2.58. The van der Waals surface area contributed by atoms with Gasteiger partial charge in [-0.05, 0) is 12.1 Å². The molecule has 2 rings (SSSR count). The van der Waals surface area contributed by atoms with Gasteiger partial charge in [0.15, 0.2) is 11.5 Å². The smallest absolute Gasteiger partial charge is 0.223 e. The summed E-state index contributed by atoms with van der Waals surface area (Å²) in [6.45, 7) is 2.17. The van der Waals surface area contributed by atoms with Gasteiger partial charge < -0.3 is 9.42 Å². The van der Waals surface area contributed by atoms with Crippen LogP contribution in [0.2, 0.25) is 5.02 Å². The molecule has 2 aromatic rings. The SMILES string of the molecule is Cc1nc(CN(C)c2ccc(Cl)c(C#N)n2)no1. The maximum atomic E-state index is 8.86. The van der Waals surface area contributed by atoms with Gasteiger partial charge >= 0.3 is 0 Å². The highest BCUT2D eigenvalue weighted by atomic mass is 35.5. The molecule has 0 saturated heterocycles. The summed E-state index contributed by atoms with van der Waals surface area (Å²) >= 11 is 5.82. The number of hydrogen-bond donors (Lipinski definition) is 0. The van der Waals surface area contributed by atoms with Crippen LogP contribution in [0.1, 0.15) is 17.4 Å². The van der Waals surface area contributed by atoms with Gasteiger partial charge in [-0.2, -0.15) is 10.2 Å². The lowest BCUT2D eigenvalue weighted by atomic mass is 10.3. The molecule has 6 nitrogen and oxygen atoms in total. The first-order valence-corrected chi connectivity index (χ1v) is 5.55. The first kappa shape index (κ1) is 12.3. The standard InChI is InChI=1S/C11H10ClN5O/c1-7-14-10(16-18-7)6-17(2)11-4-3-8(12)9(5-13)15-11/h3-4H,6H2,1-2H3. The lowest BCUT2D eigenvalue weighted by molar-refractivity contribution is 0.387. The van der Waals surface area contributed by atoms with Crippen molar-refractivity contribution in [2.24, 2.45) is 0 Å². The van der Waals surface area contributed by atoms with E-state index in [9.17, 15) is 0 Å². The van der Waals surface area contributed by atoms with Crippen LogP contribution in [0.5, 0.6) is 0 Å². The van der Waals surface area contributed by atoms with Gasteiger partial charge in [0.2, 0.25) is 5.89 Å². The number of aryl methyl sites for hydroxylation is 1. The highest BCUT2D eigenvalue weighted by molar-refractivity contribution is 6.31. The van der Waals surface area contributed by atoms with Gasteiger partial charge in [-0.3, -0.25) is 0 Å². The number of nitrogens with zero attached hydrogens (tertiary/aromatic N) is 5. The predicted octanol–water partition coefficient (Wildman–Crippen LogP) is 1.93. The second-order valence-corrected chi connectivity index (χ2v) is 4.10. The molecule has 0 aromatic carbocycles. The molecule has 0 fully saturated rings. The van der Waals surface area contributed by atoms with Crippen molar-refractivity contribution >= 4 is 17.4 Å². The highest BCUT2D eigenvalue weighted by Gasteiger charge is 2.10. The van der Waals surface area contributed by atoms with Crippen LogP contribution in [0.15, 0.2) is 16.7 Å². The summed E-state index contributed by atoms with van der Waals surface area (Å²) in [6.07, 6.45) is 0. The maximum Gasteiger partial charge on any atom is 0.223 e. The minimum Gasteiger partial charge on any atom is -0.352 e. The van der Waals surface area contributed by atoms with Gasteiger partial charge in [-0.15, -0.1) is 0 Å². The van der Waals surface area contributed by atoms with Crippen LogP contribution in [0.3, 0.4) is 0 Å². The van der Waals surface area contributed by atoms with Crippen molar-refractivity contribution in [2.75, 3.05) is 11.9 Å². The normalized spacial score (nSPS) is 10.1. The molecule has 0 radical (unpaired) electrons. The Morgan fingerprint density at radius 3 is 2.83 bits per heavy atom. The molecule has 0 N–H and O–H groups in total. The summed E-state index contributed by atoms with van der Waals surface area (Å²) in [4.78, 5) is 10.0. The number of pyridine rings is 1. The fourth-order valence-electron chi connectivity index (χ4n) is 1.42. The fourth-order valence-corrected chi connectivity index (χ4v) is 1.57. The van der Waals surface area contributed by atoms with Crippen LogP contribution in [0, 0.1) is 18.3 Å². The second-order valence-electron chi connectivity index (χ2n) is 3.70. The fraction of sp³-hybridized carbons (Fsp3) is 0.273. The zero-order valence-corrected chi connectivity index (χ0v) is 10.6. The number of anilines is 1. The third-order valence-electron chi connectivity index (χ3n) is 2.28. The van der Waals surface area contributed by atoms with Gasteiger partial charge in [0.05, 0.1) is 11.6 Å². The first-order chi connectivity index (χ1) is 8.60. The molecule has 92 valence electrons. The van der Waals surface area contributed by atoms with E-state index in [4.69, 9.17) is 21.4 Å². The predicted molar refractivity (Wildman–Crippen MR) is 65.1 cm³/mol. The molecule has 18 heavy (non-hydrogen) atoms. The lowest BCUT2D eigenvalue weighted by Gasteiger charge is -2.16. The van der Waals surface area contributed by atoms with Gasteiger partial charge in [0.1, 0.15) is 11.9 Å². The van der Waals surface area contributed by atoms with Crippen molar-refractivity contribution in [3.63, 3.8) is 0 Å². The van der Waals surface area contributed by atoms with E-state index in [0.717, 1.165) is 0 Å². The minimum atomic E-state index is 0.199. The van der Waals surface area contributed by atoms with E-state index in [2.05, 4.69) is 15.1 Å². The topological polar surface area (TPSA) is 78.8 Å². The summed E-state index contributed by atoms with van der Waals surface area (Å²) in [7, 11) is 1.82. The molecule has 2 heterocycles. The summed E-state index contributed by atoms with van der Waals surface area (Å²) in [6, 6.07) is 5.31. The van der Waals surface area contributed by atoms with Crippen LogP contribution in [-0.2, 0) is 6.54 Å². The molecule has 0 aliphatic rings. The minimum absolute atomic E-state index is 0.199. The molecule has 0 saturated carbocycles. The third kappa shape index (κ3) is 2.57. The summed E-state index contributed by atoms with van der Waals surface area (Å²) in [5.41, 5.74) is 0.199. The molecule has 7 heteroatoms. The molecule has 0 spiro atoms. The molecule has 0 amide bonds. The van der Waals surface area contributed by atoms with Crippen LogP contribution >= 0.6 is 11.6 Å². The van der Waals surface area contributed by atoms with Crippen LogP contribution in [0.25, 0.3) is 0 Å². The number of nitriles is 1. The number of hydrogen-bond acceptors (Lipinski definition) is 6. The Balaban J connectivity index is 2.19. The van der Waals surface area contributed by atoms with E-state index in [1.54, 1.807) is 19.1 Å². The van der Waals surface area contributed by atoms with E-state index < -0.39 is 0 Å². The molecule has 0 atom stereocenters. The van der Waals surface area contributed by atoms with Crippen molar-refractivity contribution in [3.8, 4) is 6.07 Å². The average Bonchev–Trinajstić information content (AvgIpc) is 2.75. The maximum absolute atomic E-state index is 8.86. The Morgan fingerprint density at radius 1 is 1.44 bits per heavy atom. The van der Waals surface area contributed by atoms with E-state index in [1.807, 2.05) is 18.0 Å². The van der Waals surface area contributed by atoms with Gasteiger partial charge in [0, 0.05) is 14.0 Å². The molecule has 0 aliphatic carbocycles. The Morgan fingerprint density at radius 2 is 2.22 bits per heavy atom. The first-order valence-electron chi connectivity index (χ1n) is 5.17. The Bertz CT molecular complexity index is 604. The van der Waals surface area contributed by atoms with Gasteiger partial charge in [-0.1, -0.05) is 16.8 Å². The van der Waals surface area contributed by atoms with Gasteiger partial charge in [0.25, 0.3) is 0 Å². The monoisotopic (exact) mass is 263 g/mol. The van der Waals surface area contributed by atoms with Crippen LogP contribution < -0.4 is 4.90 Å². The molecule has 0 unspecified atom stereocenters. The Hall–Kier alpha value is -2.13. The summed E-state index contributed by atoms with van der Waals surface area (Å²) < 4.78 is 4.88. The van der Waals surface area contributed by atoms with E-state index in [-0.39, 0.29) is 5.69 Å². The van der Waals surface area contributed by atoms with Crippen LogP contribution in [0.4, 0.5) is 5.82 Å². The molecular weight excluding hydrogens is 254 g/mol. The van der Waals surface area contributed by atoms with Crippen molar-refractivity contribution in [1.82, 2.24) is 15.1 Å². The molecule has 0 bridgehead atoms. The summed E-state index contributed by atoms with van der Waals surface area (Å²) in [5, 5.41) is 13.0. The van der Waals surface area contributed by atoms with Crippen molar-refractivity contribution in [1.29, 1.82) is 5.26 Å². The summed E-state index contributed by atoms with van der Waals surface area (Å²) in [5.74, 6) is 1.70. The number of aromatic nitrogens is 3. The molecule has 0 aliphatic heterocycles. The van der Waals surface area contributed by atoms with E-state index in [1.165, 1.54) is 0 Å². The van der Waals surface area contributed by atoms with E-state index >= 15 is 0 Å². The Kier molecular flexibility index (Phi) is 3.44.